The first-order valence-electron chi connectivity index (χ1n) is 9.10. The monoisotopic (exact) mass is 355 g/mol. The SMILES string of the molecule is CCc1ccc(N2C[C@@](O)(c3ccc(Cl)cc3)[N+]3=C2CCCC3)cc1. The molecule has 0 unspecified atom stereocenters. The van der Waals surface area contributed by atoms with E-state index >= 15 is 0 Å². The standard InChI is InChI=1S/C21H24ClN2O/c1-2-16-6-12-19(13-7-16)23-15-21(25,17-8-10-18(22)11-9-17)24-14-4-3-5-20(23)24/h6-13,25H,2-5,14-15H2,1H3/q+1/t21-/m1/s1. The van der Waals surface area contributed by atoms with Crippen LogP contribution in [0.5, 0.6) is 0 Å². The van der Waals surface area contributed by atoms with Crippen molar-refractivity contribution in [3.63, 3.8) is 0 Å². The van der Waals surface area contributed by atoms with Gasteiger partial charge in [-0.25, -0.2) is 9.48 Å². The lowest BCUT2D eigenvalue weighted by molar-refractivity contribution is -0.661. The van der Waals surface area contributed by atoms with E-state index in [1.807, 2.05) is 24.3 Å². The van der Waals surface area contributed by atoms with E-state index in [4.69, 9.17) is 11.6 Å². The number of benzene rings is 2. The summed E-state index contributed by atoms with van der Waals surface area (Å²) in [5, 5.41) is 12.3. The lowest BCUT2D eigenvalue weighted by Crippen LogP contribution is -2.41. The number of aryl methyl sites for hydroxylation is 1. The van der Waals surface area contributed by atoms with Crippen LogP contribution >= 0.6 is 11.6 Å². The molecular weight excluding hydrogens is 332 g/mol. The Hall–Kier alpha value is -1.84. The highest BCUT2D eigenvalue weighted by atomic mass is 35.5. The number of nitrogens with zero attached hydrogens (tertiary/aromatic N) is 2. The molecule has 2 aromatic carbocycles. The first-order chi connectivity index (χ1) is 12.1. The van der Waals surface area contributed by atoms with Gasteiger partial charge in [-0.2, -0.15) is 0 Å². The van der Waals surface area contributed by atoms with Crippen molar-refractivity contribution in [3.05, 3.63) is 64.7 Å². The fourth-order valence-corrected chi connectivity index (χ4v) is 4.14. The largest absolute Gasteiger partial charge is 0.346 e. The van der Waals surface area contributed by atoms with Gasteiger partial charge in [-0.1, -0.05) is 42.8 Å². The molecule has 0 bridgehead atoms. The van der Waals surface area contributed by atoms with E-state index in [1.165, 1.54) is 17.8 Å². The van der Waals surface area contributed by atoms with Crippen LogP contribution in [-0.4, -0.2) is 28.6 Å². The number of hydrogen-bond acceptors (Lipinski definition) is 2. The van der Waals surface area contributed by atoms with Gasteiger partial charge >= 0.3 is 0 Å². The van der Waals surface area contributed by atoms with Gasteiger partial charge in [-0.15, -0.1) is 0 Å². The van der Waals surface area contributed by atoms with Gasteiger partial charge in [0.1, 0.15) is 5.69 Å². The smallest absolute Gasteiger partial charge is 0.271 e. The molecule has 2 aromatic rings. The number of hydrogen-bond donors (Lipinski definition) is 1. The van der Waals surface area contributed by atoms with Crippen molar-refractivity contribution in [3.8, 4) is 0 Å². The molecule has 0 radical (unpaired) electrons. The molecule has 130 valence electrons. The van der Waals surface area contributed by atoms with Crippen LogP contribution in [0.15, 0.2) is 48.5 Å². The maximum Gasteiger partial charge on any atom is 0.271 e. The quantitative estimate of drug-likeness (QED) is 0.837. The van der Waals surface area contributed by atoms with Gasteiger partial charge in [0.05, 0.1) is 6.54 Å². The third-order valence-corrected chi connectivity index (χ3v) is 5.70. The predicted octanol–water partition coefficient (Wildman–Crippen LogP) is 4.16. The van der Waals surface area contributed by atoms with Gasteiger partial charge in [0.2, 0.25) is 0 Å². The number of amidine groups is 1. The summed E-state index contributed by atoms with van der Waals surface area (Å²) in [6.45, 7) is 3.61. The molecule has 0 aromatic heterocycles. The molecule has 1 N–H and O–H groups in total. The molecule has 0 aliphatic carbocycles. The van der Waals surface area contributed by atoms with Gasteiger partial charge < -0.3 is 5.11 Å². The molecule has 4 heteroatoms. The first kappa shape index (κ1) is 16.6. The lowest BCUT2D eigenvalue weighted by atomic mass is 10.0. The maximum atomic E-state index is 11.6. The third-order valence-electron chi connectivity index (χ3n) is 5.44. The summed E-state index contributed by atoms with van der Waals surface area (Å²) < 4.78 is 2.19. The highest BCUT2D eigenvalue weighted by molar-refractivity contribution is 6.30. The van der Waals surface area contributed by atoms with Crippen LogP contribution in [-0.2, 0) is 12.1 Å². The Kier molecular flexibility index (Phi) is 4.30. The Morgan fingerprint density at radius 2 is 1.80 bits per heavy atom. The van der Waals surface area contributed by atoms with E-state index in [0.29, 0.717) is 11.6 Å². The number of anilines is 1. The number of β-amino-alcohol motifs (C(OH)–C–C–N with tert-alkyl or cyclic N) is 1. The summed E-state index contributed by atoms with van der Waals surface area (Å²) in [6.07, 6.45) is 4.33. The Morgan fingerprint density at radius 1 is 1.08 bits per heavy atom. The molecule has 25 heavy (non-hydrogen) atoms. The Bertz CT molecular complexity index is 798. The van der Waals surface area contributed by atoms with E-state index in [0.717, 1.165) is 37.1 Å². The van der Waals surface area contributed by atoms with E-state index in [2.05, 4.69) is 40.7 Å². The normalized spacial score (nSPS) is 23.1. The minimum atomic E-state index is -0.996. The zero-order valence-corrected chi connectivity index (χ0v) is 15.3. The minimum Gasteiger partial charge on any atom is -0.346 e. The zero-order valence-electron chi connectivity index (χ0n) is 14.6. The van der Waals surface area contributed by atoms with Crippen molar-refractivity contribution in [1.29, 1.82) is 0 Å². The molecular formula is C21H24ClN2O+. The van der Waals surface area contributed by atoms with Crippen LogP contribution in [0.3, 0.4) is 0 Å². The molecule has 4 rings (SSSR count). The van der Waals surface area contributed by atoms with Gasteiger partial charge in [-0.3, -0.25) is 0 Å². The van der Waals surface area contributed by atoms with Crippen LogP contribution in [0.4, 0.5) is 5.69 Å². The van der Waals surface area contributed by atoms with Crippen molar-refractivity contribution in [1.82, 2.24) is 0 Å². The molecule has 3 nitrogen and oxygen atoms in total. The molecule has 0 fully saturated rings. The van der Waals surface area contributed by atoms with Crippen LogP contribution < -0.4 is 4.90 Å². The summed E-state index contributed by atoms with van der Waals surface area (Å²) in [7, 11) is 0. The van der Waals surface area contributed by atoms with Crippen molar-refractivity contribution in [2.45, 2.75) is 38.3 Å². The number of rotatable bonds is 3. The summed E-state index contributed by atoms with van der Waals surface area (Å²) in [6, 6.07) is 16.3. The Labute approximate surface area is 154 Å². The summed E-state index contributed by atoms with van der Waals surface area (Å²) in [4.78, 5) is 2.28. The zero-order chi connectivity index (χ0) is 17.4. The highest BCUT2D eigenvalue weighted by Crippen LogP contribution is 2.36. The average molecular weight is 356 g/mol. The lowest BCUT2D eigenvalue weighted by Gasteiger charge is -2.24. The van der Waals surface area contributed by atoms with Crippen molar-refractivity contribution < 1.29 is 9.68 Å². The summed E-state index contributed by atoms with van der Waals surface area (Å²) in [5.74, 6) is 1.23. The molecule has 1 atom stereocenters. The molecule has 0 saturated carbocycles. The van der Waals surface area contributed by atoms with Crippen LogP contribution in [0.25, 0.3) is 0 Å². The Balaban J connectivity index is 1.75. The maximum absolute atomic E-state index is 11.6. The number of aliphatic hydroxyl groups is 1. The second-order valence-corrected chi connectivity index (χ2v) is 7.39. The van der Waals surface area contributed by atoms with E-state index < -0.39 is 5.72 Å². The van der Waals surface area contributed by atoms with E-state index in [-0.39, 0.29) is 0 Å². The third kappa shape index (κ3) is 2.86. The fourth-order valence-electron chi connectivity index (χ4n) is 4.01. The fraction of sp³-hybridized carbons (Fsp3) is 0.381. The molecule has 2 aliphatic rings. The topological polar surface area (TPSA) is 26.5 Å². The van der Waals surface area contributed by atoms with Gasteiger partial charge in [0, 0.05) is 17.0 Å². The summed E-state index contributed by atoms with van der Waals surface area (Å²) >= 11 is 6.04. The predicted molar refractivity (Wildman–Crippen MR) is 103 cm³/mol. The molecule has 0 amide bonds. The minimum absolute atomic E-state index is 0.551. The van der Waals surface area contributed by atoms with Gasteiger partial charge in [0.25, 0.3) is 11.6 Å². The molecule has 2 heterocycles. The first-order valence-corrected chi connectivity index (χ1v) is 9.48. The van der Waals surface area contributed by atoms with Crippen LogP contribution in [0.2, 0.25) is 5.02 Å². The molecule has 0 saturated heterocycles. The second kappa shape index (κ2) is 6.47. The van der Waals surface area contributed by atoms with Crippen molar-refractivity contribution in [2.24, 2.45) is 0 Å². The van der Waals surface area contributed by atoms with Crippen molar-refractivity contribution in [2.75, 3.05) is 18.0 Å². The summed E-state index contributed by atoms with van der Waals surface area (Å²) in [5.41, 5.74) is 2.40. The van der Waals surface area contributed by atoms with Gasteiger partial charge in [0.15, 0.2) is 6.54 Å². The van der Waals surface area contributed by atoms with Crippen molar-refractivity contribution >= 4 is 23.1 Å². The highest BCUT2D eigenvalue weighted by Gasteiger charge is 2.52. The second-order valence-electron chi connectivity index (χ2n) is 6.95. The number of halogens is 1. The average Bonchev–Trinajstić information content (AvgIpc) is 2.97. The van der Waals surface area contributed by atoms with E-state index in [1.54, 1.807) is 0 Å². The van der Waals surface area contributed by atoms with E-state index in [9.17, 15) is 5.11 Å². The Morgan fingerprint density at radius 3 is 2.48 bits per heavy atom. The molecule has 2 aliphatic heterocycles. The van der Waals surface area contributed by atoms with Crippen LogP contribution in [0.1, 0.15) is 37.3 Å². The van der Waals surface area contributed by atoms with Crippen LogP contribution in [0, 0.1) is 0 Å². The molecule has 0 spiro atoms. The van der Waals surface area contributed by atoms with Gasteiger partial charge in [-0.05, 0) is 49.1 Å².